The van der Waals surface area contributed by atoms with E-state index in [9.17, 15) is 9.59 Å². The van der Waals surface area contributed by atoms with E-state index in [1.165, 1.54) is 0 Å². The lowest BCUT2D eigenvalue weighted by Crippen LogP contribution is -2.42. The Bertz CT molecular complexity index is 931. The largest absolute Gasteiger partial charge is 0.454 e. The predicted octanol–water partition coefficient (Wildman–Crippen LogP) is 1.67. The van der Waals surface area contributed by atoms with E-state index in [-0.39, 0.29) is 31.1 Å². The number of ether oxygens (including phenoxy) is 2. The van der Waals surface area contributed by atoms with Crippen LogP contribution in [0.1, 0.15) is 30.1 Å². The zero-order valence-electron chi connectivity index (χ0n) is 16.1. The van der Waals surface area contributed by atoms with Crippen LogP contribution in [-0.2, 0) is 16.1 Å². The van der Waals surface area contributed by atoms with E-state index in [0.717, 1.165) is 5.56 Å². The molecule has 1 aromatic heterocycles. The Balaban J connectivity index is 1.24. The van der Waals surface area contributed by atoms with Gasteiger partial charge in [-0.1, -0.05) is 11.2 Å². The number of hydrogen-bond donors (Lipinski definition) is 1. The molecule has 0 saturated carbocycles. The number of benzene rings is 1. The lowest BCUT2D eigenvalue weighted by Gasteiger charge is -2.30. The molecule has 0 bridgehead atoms. The number of rotatable bonds is 5. The van der Waals surface area contributed by atoms with E-state index in [1.54, 1.807) is 24.0 Å². The van der Waals surface area contributed by atoms with Crippen LogP contribution in [0.2, 0.25) is 0 Å². The molecule has 0 aliphatic carbocycles. The molecule has 0 radical (unpaired) electrons. The van der Waals surface area contributed by atoms with Gasteiger partial charge in [-0.25, -0.2) is 0 Å². The van der Waals surface area contributed by atoms with Gasteiger partial charge < -0.3 is 24.2 Å². The van der Waals surface area contributed by atoms with Crippen molar-refractivity contribution in [2.24, 2.45) is 5.92 Å². The molecule has 152 valence electrons. The first-order valence-electron chi connectivity index (χ1n) is 9.52. The van der Waals surface area contributed by atoms with Crippen LogP contribution in [0.15, 0.2) is 28.8 Å². The maximum absolute atomic E-state index is 12.4. The molecule has 29 heavy (non-hydrogen) atoms. The van der Waals surface area contributed by atoms with Crippen molar-refractivity contribution in [1.82, 2.24) is 20.4 Å². The maximum atomic E-state index is 12.4. The number of amides is 2. The van der Waals surface area contributed by atoms with Crippen molar-refractivity contribution in [3.05, 3.63) is 41.6 Å². The first-order valence-corrected chi connectivity index (χ1v) is 9.52. The van der Waals surface area contributed by atoms with Crippen molar-refractivity contribution in [1.29, 1.82) is 0 Å². The molecule has 0 unspecified atom stereocenters. The van der Waals surface area contributed by atoms with Crippen molar-refractivity contribution in [3.8, 4) is 11.5 Å². The number of fused-ring (bicyclic) bond motifs is 1. The van der Waals surface area contributed by atoms with Gasteiger partial charge in [0.25, 0.3) is 0 Å². The standard InChI is InChI=1S/C20H22N4O5/c1-13-22-18(29-23-13)11-21-20(26)15-6-8-24(9-7-15)19(25)5-3-14-2-4-16-17(10-14)28-12-27-16/h2-5,10,15H,6-9,11-12H2,1H3,(H,21,26). The number of carbonyl (C=O) groups is 2. The third-order valence-electron chi connectivity index (χ3n) is 4.98. The molecular formula is C20H22N4O5. The Morgan fingerprint density at radius 3 is 2.79 bits per heavy atom. The molecule has 2 aliphatic heterocycles. The zero-order chi connectivity index (χ0) is 20.2. The molecule has 1 fully saturated rings. The normalized spacial score (nSPS) is 16.4. The highest BCUT2D eigenvalue weighted by molar-refractivity contribution is 5.92. The number of aromatic nitrogens is 2. The van der Waals surface area contributed by atoms with E-state index in [4.69, 9.17) is 14.0 Å². The Hall–Kier alpha value is -3.36. The van der Waals surface area contributed by atoms with E-state index in [1.807, 2.05) is 18.2 Å². The van der Waals surface area contributed by atoms with Crippen molar-refractivity contribution < 1.29 is 23.6 Å². The van der Waals surface area contributed by atoms with E-state index in [0.29, 0.717) is 49.1 Å². The van der Waals surface area contributed by atoms with Crippen molar-refractivity contribution in [3.63, 3.8) is 0 Å². The SMILES string of the molecule is Cc1noc(CNC(=O)C2CCN(C(=O)C=Cc3ccc4c(c3)OCO4)CC2)n1. The minimum Gasteiger partial charge on any atom is -0.454 e. The molecule has 2 aliphatic rings. The minimum atomic E-state index is -0.124. The Morgan fingerprint density at radius 2 is 2.03 bits per heavy atom. The molecule has 9 nitrogen and oxygen atoms in total. The van der Waals surface area contributed by atoms with Crippen molar-refractivity contribution in [2.75, 3.05) is 19.9 Å². The van der Waals surface area contributed by atoms with Gasteiger partial charge in [0.2, 0.25) is 24.5 Å². The average Bonchev–Trinajstić information content (AvgIpc) is 3.38. The van der Waals surface area contributed by atoms with Crippen molar-refractivity contribution >= 4 is 17.9 Å². The van der Waals surface area contributed by atoms with Crippen LogP contribution < -0.4 is 14.8 Å². The van der Waals surface area contributed by atoms with Gasteiger partial charge in [-0.05, 0) is 43.5 Å². The van der Waals surface area contributed by atoms with Gasteiger partial charge in [-0.2, -0.15) is 4.98 Å². The maximum Gasteiger partial charge on any atom is 0.246 e. The molecule has 4 rings (SSSR count). The lowest BCUT2D eigenvalue weighted by atomic mass is 9.96. The van der Waals surface area contributed by atoms with E-state index < -0.39 is 0 Å². The summed E-state index contributed by atoms with van der Waals surface area (Å²) in [6.45, 7) is 3.25. The van der Waals surface area contributed by atoms with Crippen LogP contribution in [0.25, 0.3) is 6.08 Å². The van der Waals surface area contributed by atoms with Crippen LogP contribution in [0, 0.1) is 12.8 Å². The van der Waals surface area contributed by atoms with Crippen LogP contribution in [0.3, 0.4) is 0 Å². The minimum absolute atomic E-state index is 0.0520. The van der Waals surface area contributed by atoms with Crippen LogP contribution in [0.5, 0.6) is 11.5 Å². The number of aryl methyl sites for hydroxylation is 1. The van der Waals surface area contributed by atoms with Gasteiger partial charge in [0, 0.05) is 25.1 Å². The summed E-state index contributed by atoms with van der Waals surface area (Å²) in [5.74, 6) is 2.07. The number of hydrogen-bond acceptors (Lipinski definition) is 7. The Kier molecular flexibility index (Phi) is 5.46. The third kappa shape index (κ3) is 4.56. The third-order valence-corrected chi connectivity index (χ3v) is 4.98. The van der Waals surface area contributed by atoms with Gasteiger partial charge in [-0.15, -0.1) is 0 Å². The summed E-state index contributed by atoms with van der Waals surface area (Å²) < 4.78 is 15.6. The highest BCUT2D eigenvalue weighted by Crippen LogP contribution is 2.32. The molecule has 1 N–H and O–H groups in total. The number of carbonyl (C=O) groups excluding carboxylic acids is 2. The number of piperidine rings is 1. The fraction of sp³-hybridized carbons (Fsp3) is 0.400. The highest BCUT2D eigenvalue weighted by atomic mass is 16.7. The topological polar surface area (TPSA) is 107 Å². The summed E-state index contributed by atoms with van der Waals surface area (Å²) in [7, 11) is 0. The second kappa shape index (κ2) is 8.34. The first kappa shape index (κ1) is 19.0. The molecule has 1 saturated heterocycles. The summed E-state index contributed by atoms with van der Waals surface area (Å²) in [6, 6.07) is 5.54. The second-order valence-electron chi connectivity index (χ2n) is 7.00. The van der Waals surface area contributed by atoms with Gasteiger partial charge >= 0.3 is 0 Å². The fourth-order valence-corrected chi connectivity index (χ4v) is 3.37. The van der Waals surface area contributed by atoms with Gasteiger partial charge in [-0.3, -0.25) is 9.59 Å². The summed E-state index contributed by atoms with van der Waals surface area (Å²) in [4.78, 5) is 30.6. The van der Waals surface area contributed by atoms with Crippen molar-refractivity contribution in [2.45, 2.75) is 26.3 Å². The van der Waals surface area contributed by atoms with Gasteiger partial charge in [0.1, 0.15) is 0 Å². The Labute approximate surface area is 167 Å². The second-order valence-corrected chi connectivity index (χ2v) is 7.00. The highest BCUT2D eigenvalue weighted by Gasteiger charge is 2.26. The molecule has 1 aromatic carbocycles. The smallest absolute Gasteiger partial charge is 0.246 e. The zero-order valence-corrected chi connectivity index (χ0v) is 16.1. The summed E-state index contributed by atoms with van der Waals surface area (Å²) >= 11 is 0. The number of nitrogens with one attached hydrogen (secondary N) is 1. The summed E-state index contributed by atoms with van der Waals surface area (Å²) in [6.07, 6.45) is 4.56. The van der Waals surface area contributed by atoms with Gasteiger partial charge in [0.05, 0.1) is 6.54 Å². The van der Waals surface area contributed by atoms with E-state index in [2.05, 4.69) is 15.5 Å². The molecule has 2 aromatic rings. The number of likely N-dealkylation sites (tertiary alicyclic amines) is 1. The van der Waals surface area contributed by atoms with E-state index >= 15 is 0 Å². The van der Waals surface area contributed by atoms with Gasteiger partial charge in [0.15, 0.2) is 17.3 Å². The molecule has 9 heteroatoms. The monoisotopic (exact) mass is 398 g/mol. The Morgan fingerprint density at radius 1 is 1.24 bits per heavy atom. The van der Waals surface area contributed by atoms with Crippen LogP contribution in [-0.4, -0.2) is 46.7 Å². The van der Waals surface area contributed by atoms with Crippen LogP contribution >= 0.6 is 0 Å². The summed E-state index contributed by atoms with van der Waals surface area (Å²) in [5, 5.41) is 6.51. The predicted molar refractivity (Wildman–Crippen MR) is 102 cm³/mol. The van der Waals surface area contributed by atoms with Crippen LogP contribution in [0.4, 0.5) is 0 Å². The quantitative estimate of drug-likeness (QED) is 0.764. The fourth-order valence-electron chi connectivity index (χ4n) is 3.37. The summed E-state index contributed by atoms with van der Waals surface area (Å²) in [5.41, 5.74) is 0.869. The first-order chi connectivity index (χ1) is 14.1. The number of nitrogens with zero attached hydrogens (tertiary/aromatic N) is 3. The average molecular weight is 398 g/mol. The molecular weight excluding hydrogens is 376 g/mol. The molecule has 0 atom stereocenters. The molecule has 3 heterocycles. The molecule has 2 amide bonds. The molecule has 0 spiro atoms. The lowest BCUT2D eigenvalue weighted by molar-refractivity contribution is -0.132.